The first-order valence-corrected chi connectivity index (χ1v) is 5.51. The number of aromatic nitrogens is 2. The molecule has 2 aromatic heterocycles. The molecule has 0 radical (unpaired) electrons. The van der Waals surface area contributed by atoms with Crippen LogP contribution in [-0.2, 0) is 6.54 Å². The standard InChI is InChI=1S/C14H11N2/c1-2-6-12-11(5-1)9-16-10-15-8-4-3-7-13(15)14(12)16/h1-8,10H,9H2/q+1. The van der Waals surface area contributed by atoms with Crippen molar-refractivity contribution in [3.63, 3.8) is 0 Å². The van der Waals surface area contributed by atoms with Gasteiger partial charge in [-0.15, -0.1) is 0 Å². The fourth-order valence-corrected chi connectivity index (χ4v) is 2.60. The van der Waals surface area contributed by atoms with Crippen LogP contribution in [0.15, 0.2) is 55.0 Å². The quantitative estimate of drug-likeness (QED) is 0.391. The average Bonchev–Trinajstić information content (AvgIpc) is 2.83. The summed E-state index contributed by atoms with van der Waals surface area (Å²) in [6.07, 6.45) is 4.27. The van der Waals surface area contributed by atoms with E-state index >= 15 is 0 Å². The monoisotopic (exact) mass is 207 g/mol. The number of nitrogens with zero attached hydrogens (tertiary/aromatic N) is 2. The van der Waals surface area contributed by atoms with Gasteiger partial charge >= 0.3 is 0 Å². The summed E-state index contributed by atoms with van der Waals surface area (Å²) in [7, 11) is 0. The lowest BCUT2D eigenvalue weighted by Gasteiger charge is -1.94. The van der Waals surface area contributed by atoms with Gasteiger partial charge in [0, 0.05) is 11.1 Å². The van der Waals surface area contributed by atoms with Crippen molar-refractivity contribution in [1.82, 2.24) is 4.40 Å². The van der Waals surface area contributed by atoms with Crippen LogP contribution >= 0.6 is 0 Å². The smallest absolute Gasteiger partial charge is 0.225 e. The Hall–Kier alpha value is -2.09. The predicted molar refractivity (Wildman–Crippen MR) is 62.1 cm³/mol. The molecule has 2 nitrogen and oxygen atoms in total. The highest BCUT2D eigenvalue weighted by atomic mass is 15.1. The molecule has 3 aromatic rings. The molecule has 0 atom stereocenters. The second-order valence-corrected chi connectivity index (χ2v) is 4.24. The van der Waals surface area contributed by atoms with E-state index in [-0.39, 0.29) is 0 Å². The molecular formula is C14H11N2+. The molecule has 0 saturated carbocycles. The number of imidazole rings is 1. The number of fused-ring (bicyclic) bond motifs is 5. The van der Waals surface area contributed by atoms with Gasteiger partial charge in [-0.2, -0.15) is 0 Å². The summed E-state index contributed by atoms with van der Waals surface area (Å²) in [5.41, 5.74) is 5.42. The second kappa shape index (κ2) is 2.73. The number of rotatable bonds is 0. The van der Waals surface area contributed by atoms with Crippen LogP contribution in [0.5, 0.6) is 0 Å². The van der Waals surface area contributed by atoms with E-state index in [9.17, 15) is 0 Å². The molecule has 76 valence electrons. The van der Waals surface area contributed by atoms with Crippen molar-refractivity contribution in [2.75, 3.05) is 0 Å². The highest BCUT2D eigenvalue weighted by Gasteiger charge is 2.27. The minimum absolute atomic E-state index is 0.993. The summed E-state index contributed by atoms with van der Waals surface area (Å²) >= 11 is 0. The number of benzene rings is 1. The van der Waals surface area contributed by atoms with Crippen LogP contribution in [0.3, 0.4) is 0 Å². The molecule has 0 bridgehead atoms. The second-order valence-electron chi connectivity index (χ2n) is 4.24. The first-order valence-electron chi connectivity index (χ1n) is 5.51. The first-order chi connectivity index (χ1) is 7.93. The lowest BCUT2D eigenvalue weighted by molar-refractivity contribution is -0.671. The van der Waals surface area contributed by atoms with Crippen LogP contribution in [0.1, 0.15) is 5.56 Å². The maximum absolute atomic E-state index is 2.32. The summed E-state index contributed by atoms with van der Waals surface area (Å²) in [6.45, 7) is 0.993. The molecule has 16 heavy (non-hydrogen) atoms. The minimum atomic E-state index is 0.993. The number of hydrogen-bond donors (Lipinski definition) is 0. The third-order valence-corrected chi connectivity index (χ3v) is 3.30. The normalized spacial score (nSPS) is 12.8. The van der Waals surface area contributed by atoms with Gasteiger partial charge in [-0.05, 0) is 12.1 Å². The van der Waals surface area contributed by atoms with Crippen molar-refractivity contribution in [3.8, 4) is 11.3 Å². The Labute approximate surface area is 93.4 Å². The molecule has 0 unspecified atom stereocenters. The van der Waals surface area contributed by atoms with Gasteiger partial charge < -0.3 is 0 Å². The predicted octanol–water partition coefficient (Wildman–Crippen LogP) is 2.26. The van der Waals surface area contributed by atoms with Crippen molar-refractivity contribution in [1.29, 1.82) is 0 Å². The molecule has 1 aliphatic heterocycles. The van der Waals surface area contributed by atoms with Gasteiger partial charge in [-0.3, -0.25) is 0 Å². The number of hydrogen-bond acceptors (Lipinski definition) is 0. The summed E-state index contributed by atoms with van der Waals surface area (Å²) in [6, 6.07) is 15.0. The van der Waals surface area contributed by atoms with Gasteiger partial charge in [0.15, 0.2) is 11.2 Å². The van der Waals surface area contributed by atoms with Crippen LogP contribution in [0.25, 0.3) is 16.8 Å². The van der Waals surface area contributed by atoms with E-state index in [1.54, 1.807) is 0 Å². The zero-order chi connectivity index (χ0) is 10.5. The summed E-state index contributed by atoms with van der Waals surface area (Å²) in [5.74, 6) is 0. The van der Waals surface area contributed by atoms with Gasteiger partial charge in [-0.25, -0.2) is 8.97 Å². The molecule has 1 aromatic carbocycles. The molecule has 0 saturated heterocycles. The molecule has 3 heterocycles. The van der Waals surface area contributed by atoms with Crippen molar-refractivity contribution in [3.05, 3.63) is 60.6 Å². The molecular weight excluding hydrogens is 196 g/mol. The van der Waals surface area contributed by atoms with Crippen LogP contribution in [0.2, 0.25) is 0 Å². The highest BCUT2D eigenvalue weighted by Crippen LogP contribution is 2.29. The molecule has 0 N–H and O–H groups in total. The van der Waals surface area contributed by atoms with Crippen molar-refractivity contribution in [2.45, 2.75) is 6.54 Å². The molecule has 0 aliphatic carbocycles. The van der Waals surface area contributed by atoms with Gasteiger partial charge in [0.05, 0.1) is 6.20 Å². The van der Waals surface area contributed by atoms with Crippen molar-refractivity contribution >= 4 is 5.52 Å². The third-order valence-electron chi connectivity index (χ3n) is 3.30. The van der Waals surface area contributed by atoms with Crippen LogP contribution in [-0.4, -0.2) is 4.40 Å². The van der Waals surface area contributed by atoms with Crippen LogP contribution in [0.4, 0.5) is 0 Å². The Bertz CT molecular complexity index is 695. The Morgan fingerprint density at radius 3 is 2.88 bits per heavy atom. The Kier molecular flexibility index (Phi) is 1.38. The molecule has 0 fully saturated rings. The maximum Gasteiger partial charge on any atom is 0.249 e. The summed E-state index contributed by atoms with van der Waals surface area (Å²) < 4.78 is 4.51. The average molecular weight is 207 g/mol. The Morgan fingerprint density at radius 1 is 1.00 bits per heavy atom. The van der Waals surface area contributed by atoms with E-state index in [0.29, 0.717) is 0 Å². The number of pyridine rings is 1. The molecule has 1 aliphatic rings. The zero-order valence-corrected chi connectivity index (χ0v) is 8.80. The molecule has 4 rings (SSSR count). The highest BCUT2D eigenvalue weighted by molar-refractivity contribution is 5.77. The van der Waals surface area contributed by atoms with Gasteiger partial charge in [0.25, 0.3) is 0 Å². The van der Waals surface area contributed by atoms with Gasteiger partial charge in [0.2, 0.25) is 6.33 Å². The maximum atomic E-state index is 2.32. The Balaban J connectivity index is 2.15. The lowest BCUT2D eigenvalue weighted by atomic mass is 10.1. The van der Waals surface area contributed by atoms with E-state index in [0.717, 1.165) is 6.54 Å². The van der Waals surface area contributed by atoms with Crippen molar-refractivity contribution < 1.29 is 4.57 Å². The van der Waals surface area contributed by atoms with Crippen molar-refractivity contribution in [2.24, 2.45) is 0 Å². The topological polar surface area (TPSA) is 8.29 Å². The lowest BCUT2D eigenvalue weighted by Crippen LogP contribution is -2.29. The van der Waals surface area contributed by atoms with Gasteiger partial charge in [0.1, 0.15) is 6.54 Å². The van der Waals surface area contributed by atoms with E-state index in [4.69, 9.17) is 0 Å². The Morgan fingerprint density at radius 2 is 1.88 bits per heavy atom. The summed E-state index contributed by atoms with van der Waals surface area (Å²) in [5, 5.41) is 0. The zero-order valence-electron chi connectivity index (χ0n) is 8.80. The fourth-order valence-electron chi connectivity index (χ4n) is 2.60. The SMILES string of the molecule is c1ccc2c(c1)C[n+]1cn3ccccc3c1-2. The van der Waals surface area contributed by atoms with Crippen LogP contribution in [0, 0.1) is 0 Å². The van der Waals surface area contributed by atoms with Crippen LogP contribution < -0.4 is 4.57 Å². The fraction of sp³-hybridized carbons (Fsp3) is 0.0714. The first kappa shape index (κ1) is 8.11. The third kappa shape index (κ3) is 0.890. The van der Waals surface area contributed by atoms with E-state index in [2.05, 4.69) is 64.0 Å². The van der Waals surface area contributed by atoms with E-state index in [1.807, 2.05) is 0 Å². The molecule has 0 amide bonds. The summed E-state index contributed by atoms with van der Waals surface area (Å²) in [4.78, 5) is 0. The molecule has 2 heteroatoms. The van der Waals surface area contributed by atoms with Gasteiger partial charge in [-0.1, -0.05) is 30.3 Å². The van der Waals surface area contributed by atoms with E-state index in [1.165, 1.54) is 22.3 Å². The largest absolute Gasteiger partial charge is 0.249 e. The van der Waals surface area contributed by atoms with E-state index < -0.39 is 0 Å². The minimum Gasteiger partial charge on any atom is -0.225 e. The molecule has 0 spiro atoms.